The van der Waals surface area contributed by atoms with E-state index in [1.807, 2.05) is 37.3 Å². The van der Waals surface area contributed by atoms with Crippen LogP contribution >= 0.6 is 0 Å². The lowest BCUT2D eigenvalue weighted by atomic mass is 10.0. The standard InChI is InChI=1S/C20H20N4O3/c1-3-18(25)23-12-14(13-23)22-19-15-7-5-6-8-17(15)24(9-10-27-4-2)20(26)16(19)11-21/h1,5-8,14,22H,4,9-10,12-13H2,2H3. The molecule has 0 unspecified atom stereocenters. The molecule has 0 spiro atoms. The van der Waals surface area contributed by atoms with Crippen molar-refractivity contribution in [3.63, 3.8) is 0 Å². The molecule has 0 radical (unpaired) electrons. The number of carbonyl (C=O) groups excluding carboxylic acids is 1. The van der Waals surface area contributed by atoms with Crippen LogP contribution in [-0.2, 0) is 16.1 Å². The fourth-order valence-corrected chi connectivity index (χ4v) is 3.21. The molecule has 2 heterocycles. The van der Waals surface area contributed by atoms with Gasteiger partial charge in [0, 0.05) is 31.6 Å². The molecular formula is C20H20N4O3. The third-order valence-corrected chi connectivity index (χ3v) is 4.59. The number of nitrogens with zero attached hydrogens (tertiary/aromatic N) is 3. The summed E-state index contributed by atoms with van der Waals surface area (Å²) in [5.74, 6) is 1.73. The van der Waals surface area contributed by atoms with Crippen molar-refractivity contribution in [2.24, 2.45) is 0 Å². The molecule has 1 aromatic carbocycles. The van der Waals surface area contributed by atoms with Gasteiger partial charge in [-0.3, -0.25) is 9.59 Å². The zero-order chi connectivity index (χ0) is 19.4. The Morgan fingerprint density at radius 1 is 1.41 bits per heavy atom. The number of nitriles is 1. The average molecular weight is 364 g/mol. The van der Waals surface area contributed by atoms with Crippen LogP contribution in [0.2, 0.25) is 0 Å². The van der Waals surface area contributed by atoms with Gasteiger partial charge in [0.25, 0.3) is 11.5 Å². The van der Waals surface area contributed by atoms with Gasteiger partial charge < -0.3 is 19.5 Å². The van der Waals surface area contributed by atoms with Gasteiger partial charge in [-0.15, -0.1) is 6.42 Å². The third-order valence-electron chi connectivity index (χ3n) is 4.59. The number of likely N-dealkylation sites (tertiary alicyclic amines) is 1. The van der Waals surface area contributed by atoms with E-state index in [1.165, 1.54) is 4.90 Å². The first-order valence-electron chi connectivity index (χ1n) is 8.76. The molecular weight excluding hydrogens is 344 g/mol. The van der Waals surface area contributed by atoms with E-state index in [-0.39, 0.29) is 23.1 Å². The largest absolute Gasteiger partial charge is 0.380 e. The first-order valence-corrected chi connectivity index (χ1v) is 8.76. The average Bonchev–Trinajstić information content (AvgIpc) is 2.65. The zero-order valence-electron chi connectivity index (χ0n) is 15.1. The molecule has 1 aliphatic rings. The van der Waals surface area contributed by atoms with Crippen molar-refractivity contribution in [1.29, 1.82) is 5.26 Å². The molecule has 2 aromatic rings. The van der Waals surface area contributed by atoms with Gasteiger partial charge in [0.05, 0.1) is 23.9 Å². The third kappa shape index (κ3) is 3.51. The Hall–Kier alpha value is -3.29. The van der Waals surface area contributed by atoms with Crippen LogP contribution in [0.1, 0.15) is 12.5 Å². The van der Waals surface area contributed by atoms with Gasteiger partial charge in [-0.2, -0.15) is 5.26 Å². The summed E-state index contributed by atoms with van der Waals surface area (Å²) in [5, 5.41) is 13.7. The molecule has 0 aliphatic carbocycles. The number of carbonyl (C=O) groups is 1. The van der Waals surface area contributed by atoms with Crippen molar-refractivity contribution >= 4 is 22.5 Å². The Labute approximate surface area is 157 Å². The van der Waals surface area contributed by atoms with E-state index in [4.69, 9.17) is 11.2 Å². The molecule has 7 nitrogen and oxygen atoms in total. The van der Waals surface area contributed by atoms with Crippen molar-refractivity contribution in [3.8, 4) is 18.4 Å². The quantitative estimate of drug-likeness (QED) is 0.614. The van der Waals surface area contributed by atoms with E-state index in [2.05, 4.69) is 11.2 Å². The summed E-state index contributed by atoms with van der Waals surface area (Å²) in [5.41, 5.74) is 0.948. The summed E-state index contributed by atoms with van der Waals surface area (Å²) in [4.78, 5) is 25.9. The molecule has 7 heteroatoms. The number of benzene rings is 1. The molecule has 1 amide bonds. The van der Waals surface area contributed by atoms with Crippen LogP contribution in [0.15, 0.2) is 29.1 Å². The Kier molecular flexibility index (Phi) is 5.44. The number of aromatic nitrogens is 1. The van der Waals surface area contributed by atoms with Gasteiger partial charge in [-0.05, 0) is 18.9 Å². The maximum atomic E-state index is 12.9. The van der Waals surface area contributed by atoms with Gasteiger partial charge >= 0.3 is 0 Å². The number of pyridine rings is 1. The molecule has 138 valence electrons. The lowest BCUT2D eigenvalue weighted by Crippen LogP contribution is -2.56. The van der Waals surface area contributed by atoms with Gasteiger partial charge in [-0.25, -0.2) is 0 Å². The maximum Gasteiger partial charge on any atom is 0.298 e. The first kappa shape index (κ1) is 18.5. The molecule has 1 N–H and O–H groups in total. The molecule has 0 saturated carbocycles. The normalized spacial score (nSPS) is 13.7. The minimum absolute atomic E-state index is 0.0588. The van der Waals surface area contributed by atoms with E-state index in [0.29, 0.717) is 38.5 Å². The van der Waals surface area contributed by atoms with E-state index >= 15 is 0 Å². The van der Waals surface area contributed by atoms with Crippen LogP contribution < -0.4 is 10.9 Å². The SMILES string of the molecule is C#CC(=O)N1CC(Nc2c(C#N)c(=O)n(CCOCC)c3ccccc23)C1. The number of terminal acetylenes is 1. The van der Waals surface area contributed by atoms with Crippen molar-refractivity contribution in [2.45, 2.75) is 19.5 Å². The minimum atomic E-state index is -0.357. The lowest BCUT2D eigenvalue weighted by Gasteiger charge is -2.39. The maximum absolute atomic E-state index is 12.9. The minimum Gasteiger partial charge on any atom is -0.380 e. The number of hydrogen-bond acceptors (Lipinski definition) is 5. The lowest BCUT2D eigenvalue weighted by molar-refractivity contribution is -0.128. The van der Waals surface area contributed by atoms with Gasteiger partial charge in [0.15, 0.2) is 0 Å². The molecule has 1 fully saturated rings. The monoisotopic (exact) mass is 364 g/mol. The topological polar surface area (TPSA) is 87.4 Å². The van der Waals surface area contributed by atoms with Crippen molar-refractivity contribution in [3.05, 3.63) is 40.2 Å². The summed E-state index contributed by atoms with van der Waals surface area (Å²) in [6, 6.07) is 9.42. The van der Waals surface area contributed by atoms with E-state index in [9.17, 15) is 14.9 Å². The molecule has 1 aromatic heterocycles. The van der Waals surface area contributed by atoms with Crippen LogP contribution in [0.4, 0.5) is 5.69 Å². The van der Waals surface area contributed by atoms with E-state index in [0.717, 1.165) is 10.9 Å². The van der Waals surface area contributed by atoms with Crippen LogP contribution in [0.25, 0.3) is 10.9 Å². The molecule has 1 saturated heterocycles. The van der Waals surface area contributed by atoms with Crippen LogP contribution in [0, 0.1) is 23.7 Å². The number of anilines is 1. The number of ether oxygens (including phenoxy) is 1. The van der Waals surface area contributed by atoms with Crippen molar-refractivity contribution in [2.75, 3.05) is 31.6 Å². The number of nitrogens with one attached hydrogen (secondary N) is 1. The summed E-state index contributed by atoms with van der Waals surface area (Å²) in [6.45, 7) is 4.10. The van der Waals surface area contributed by atoms with Crippen molar-refractivity contribution < 1.29 is 9.53 Å². The Bertz CT molecular complexity index is 1010. The van der Waals surface area contributed by atoms with Crippen LogP contribution in [0.5, 0.6) is 0 Å². The van der Waals surface area contributed by atoms with Gasteiger partial charge in [-0.1, -0.05) is 18.2 Å². The first-order chi connectivity index (χ1) is 13.1. The number of amides is 1. The molecule has 27 heavy (non-hydrogen) atoms. The Morgan fingerprint density at radius 2 is 2.15 bits per heavy atom. The fraction of sp³-hybridized carbons (Fsp3) is 0.350. The van der Waals surface area contributed by atoms with Gasteiger partial charge in [0.2, 0.25) is 0 Å². The highest BCUT2D eigenvalue weighted by atomic mass is 16.5. The smallest absolute Gasteiger partial charge is 0.298 e. The summed E-state index contributed by atoms with van der Waals surface area (Å²) >= 11 is 0. The highest BCUT2D eigenvalue weighted by Crippen LogP contribution is 2.27. The molecule has 3 rings (SSSR count). The summed E-state index contributed by atoms with van der Waals surface area (Å²) in [7, 11) is 0. The Balaban J connectivity index is 1.98. The fourth-order valence-electron chi connectivity index (χ4n) is 3.21. The second-order valence-electron chi connectivity index (χ2n) is 6.23. The molecule has 0 atom stereocenters. The number of fused-ring (bicyclic) bond motifs is 1. The predicted molar refractivity (Wildman–Crippen MR) is 102 cm³/mol. The summed E-state index contributed by atoms with van der Waals surface area (Å²) in [6.07, 6.45) is 5.13. The second-order valence-corrected chi connectivity index (χ2v) is 6.23. The van der Waals surface area contributed by atoms with Crippen molar-refractivity contribution in [1.82, 2.24) is 9.47 Å². The Morgan fingerprint density at radius 3 is 2.81 bits per heavy atom. The summed E-state index contributed by atoms with van der Waals surface area (Å²) < 4.78 is 6.94. The van der Waals surface area contributed by atoms with Gasteiger partial charge in [0.1, 0.15) is 11.6 Å². The zero-order valence-corrected chi connectivity index (χ0v) is 15.1. The van der Waals surface area contributed by atoms with E-state index < -0.39 is 0 Å². The number of rotatable bonds is 6. The molecule has 0 bridgehead atoms. The van der Waals surface area contributed by atoms with Crippen LogP contribution in [0.3, 0.4) is 0 Å². The number of hydrogen-bond donors (Lipinski definition) is 1. The van der Waals surface area contributed by atoms with Crippen LogP contribution in [-0.4, -0.2) is 47.7 Å². The predicted octanol–water partition coefficient (Wildman–Crippen LogP) is 1.17. The highest BCUT2D eigenvalue weighted by molar-refractivity contribution is 5.95. The number of para-hydroxylation sites is 1. The highest BCUT2D eigenvalue weighted by Gasteiger charge is 2.31. The van der Waals surface area contributed by atoms with E-state index in [1.54, 1.807) is 4.57 Å². The second kappa shape index (κ2) is 7.94. The molecule has 1 aliphatic heterocycles.